The van der Waals surface area contributed by atoms with Crippen LogP contribution >= 0.6 is 0 Å². The molecular weight excluding hydrogens is 252 g/mol. The highest BCUT2D eigenvalue weighted by Gasteiger charge is 2.29. The van der Waals surface area contributed by atoms with Gasteiger partial charge in [-0.25, -0.2) is 0 Å². The maximum Gasteiger partial charge on any atom is 0.256 e. The molecule has 0 radical (unpaired) electrons. The van der Waals surface area contributed by atoms with Crippen molar-refractivity contribution in [3.05, 3.63) is 36.5 Å². The second kappa shape index (κ2) is 5.59. The molecule has 1 amide bonds. The summed E-state index contributed by atoms with van der Waals surface area (Å²) in [5.41, 5.74) is 0.706. The van der Waals surface area contributed by atoms with E-state index in [2.05, 4.69) is 10.3 Å². The maximum absolute atomic E-state index is 12.2. The molecule has 2 aromatic rings. The number of amides is 1. The van der Waals surface area contributed by atoms with Crippen LogP contribution in [0.25, 0.3) is 10.9 Å². The van der Waals surface area contributed by atoms with Crippen molar-refractivity contribution in [1.82, 2.24) is 4.98 Å². The Labute approximate surface area is 119 Å². The molecule has 0 spiro atoms. The van der Waals surface area contributed by atoms with E-state index in [9.17, 15) is 4.79 Å². The minimum Gasteiger partial charge on any atom is -0.363 e. The summed E-state index contributed by atoms with van der Waals surface area (Å²) in [5.74, 6) is -0.178. The molecule has 106 valence electrons. The second-order valence-corrected chi connectivity index (χ2v) is 5.55. The largest absolute Gasteiger partial charge is 0.363 e. The highest BCUT2D eigenvalue weighted by Crippen LogP contribution is 2.19. The van der Waals surface area contributed by atoms with E-state index >= 15 is 0 Å². The number of aromatic nitrogens is 1. The lowest BCUT2D eigenvalue weighted by atomic mass is 10.1. The van der Waals surface area contributed by atoms with Crippen LogP contribution in [0.2, 0.25) is 0 Å². The lowest BCUT2D eigenvalue weighted by molar-refractivity contribution is -0.141. The van der Waals surface area contributed by atoms with Gasteiger partial charge >= 0.3 is 0 Å². The number of fused-ring (bicyclic) bond motifs is 1. The number of carbonyl (C=O) groups excluding carboxylic acids is 1. The average molecular weight is 272 g/mol. The fraction of sp³-hybridized carbons (Fsp3) is 0.375. The van der Waals surface area contributed by atoms with E-state index in [0.717, 1.165) is 10.9 Å². The Bertz CT molecular complexity index is 621. The molecule has 2 rings (SSSR count). The van der Waals surface area contributed by atoms with Crippen LogP contribution in [-0.4, -0.2) is 22.6 Å². The normalized spacial score (nSPS) is 11.8. The van der Waals surface area contributed by atoms with Gasteiger partial charge < -0.3 is 10.1 Å². The molecule has 4 nitrogen and oxygen atoms in total. The number of rotatable bonds is 4. The van der Waals surface area contributed by atoms with Crippen LogP contribution in [0.15, 0.2) is 36.5 Å². The van der Waals surface area contributed by atoms with Crippen molar-refractivity contribution in [1.29, 1.82) is 0 Å². The summed E-state index contributed by atoms with van der Waals surface area (Å²) in [5, 5.41) is 3.85. The van der Waals surface area contributed by atoms with E-state index < -0.39 is 5.60 Å². The number of hydrogen-bond donors (Lipinski definition) is 1. The van der Waals surface area contributed by atoms with E-state index in [1.165, 1.54) is 0 Å². The van der Waals surface area contributed by atoms with Gasteiger partial charge in [0.2, 0.25) is 0 Å². The average Bonchev–Trinajstić information content (AvgIpc) is 2.37. The molecular formula is C16H20N2O2. The van der Waals surface area contributed by atoms with Gasteiger partial charge in [-0.1, -0.05) is 18.2 Å². The topological polar surface area (TPSA) is 51.2 Å². The first-order valence-corrected chi connectivity index (χ1v) is 6.72. The zero-order chi connectivity index (χ0) is 14.8. The van der Waals surface area contributed by atoms with Crippen LogP contribution in [0.4, 0.5) is 5.69 Å². The molecule has 1 N–H and O–H groups in total. The lowest BCUT2D eigenvalue weighted by Gasteiger charge is -2.26. The molecule has 0 bridgehead atoms. The number of benzene rings is 1. The SMILES string of the molecule is CC(C)OC(C)(C)C(=O)Nc1cnc2ccccc2c1. The number of ether oxygens (including phenoxy) is 1. The fourth-order valence-corrected chi connectivity index (χ4v) is 2.06. The summed E-state index contributed by atoms with van der Waals surface area (Å²) in [7, 11) is 0. The number of carbonyl (C=O) groups is 1. The molecule has 0 atom stereocenters. The zero-order valence-electron chi connectivity index (χ0n) is 12.3. The van der Waals surface area contributed by atoms with Gasteiger partial charge in [0.25, 0.3) is 5.91 Å². The summed E-state index contributed by atoms with van der Waals surface area (Å²) in [6.07, 6.45) is 1.65. The molecule has 4 heteroatoms. The van der Waals surface area contributed by atoms with Crippen molar-refractivity contribution in [2.45, 2.75) is 39.4 Å². The molecule has 1 heterocycles. The molecule has 1 aromatic carbocycles. The van der Waals surface area contributed by atoms with Crippen LogP contribution in [0.3, 0.4) is 0 Å². The van der Waals surface area contributed by atoms with E-state index in [1.807, 2.05) is 44.2 Å². The predicted molar refractivity (Wildman–Crippen MR) is 80.7 cm³/mol. The number of hydrogen-bond acceptors (Lipinski definition) is 3. The molecule has 0 fully saturated rings. The van der Waals surface area contributed by atoms with E-state index in [0.29, 0.717) is 5.69 Å². The molecule has 1 aromatic heterocycles. The van der Waals surface area contributed by atoms with Gasteiger partial charge in [-0.2, -0.15) is 0 Å². The third kappa shape index (κ3) is 3.33. The molecule has 0 saturated heterocycles. The Kier molecular flexibility index (Phi) is 4.04. The van der Waals surface area contributed by atoms with Gasteiger partial charge in [0.15, 0.2) is 0 Å². The van der Waals surface area contributed by atoms with Gasteiger partial charge in [0.1, 0.15) is 5.60 Å². The zero-order valence-corrected chi connectivity index (χ0v) is 12.3. The van der Waals surface area contributed by atoms with Crippen LogP contribution in [-0.2, 0) is 9.53 Å². The first kappa shape index (κ1) is 14.5. The van der Waals surface area contributed by atoms with Gasteiger partial charge in [-0.3, -0.25) is 9.78 Å². The standard InChI is InChI=1S/C16H20N2O2/c1-11(2)20-16(3,4)15(19)18-13-9-12-7-5-6-8-14(12)17-10-13/h5-11H,1-4H3,(H,18,19). The maximum atomic E-state index is 12.2. The molecule has 0 aliphatic heterocycles. The van der Waals surface area contributed by atoms with Crippen LogP contribution in [0.5, 0.6) is 0 Å². The lowest BCUT2D eigenvalue weighted by Crippen LogP contribution is -2.41. The third-order valence-electron chi connectivity index (χ3n) is 2.93. The Hall–Kier alpha value is -1.94. The summed E-state index contributed by atoms with van der Waals surface area (Å²) in [4.78, 5) is 16.6. The van der Waals surface area contributed by atoms with E-state index in [1.54, 1.807) is 20.0 Å². The minimum absolute atomic E-state index is 0.00882. The summed E-state index contributed by atoms with van der Waals surface area (Å²) < 4.78 is 5.63. The minimum atomic E-state index is -0.875. The molecule has 0 aliphatic rings. The smallest absolute Gasteiger partial charge is 0.256 e. The Balaban J connectivity index is 2.17. The molecule has 20 heavy (non-hydrogen) atoms. The van der Waals surface area contributed by atoms with Gasteiger partial charge in [-0.15, -0.1) is 0 Å². The number of nitrogens with one attached hydrogen (secondary N) is 1. The second-order valence-electron chi connectivity index (χ2n) is 5.55. The molecule has 0 saturated carbocycles. The Morgan fingerprint density at radius 2 is 2.00 bits per heavy atom. The summed E-state index contributed by atoms with van der Waals surface area (Å²) in [6, 6.07) is 9.70. The first-order chi connectivity index (χ1) is 9.38. The van der Waals surface area contributed by atoms with Crippen molar-refractivity contribution >= 4 is 22.5 Å². The van der Waals surface area contributed by atoms with Crippen LogP contribution in [0.1, 0.15) is 27.7 Å². The van der Waals surface area contributed by atoms with Crippen molar-refractivity contribution < 1.29 is 9.53 Å². The van der Waals surface area contributed by atoms with Gasteiger partial charge in [0, 0.05) is 5.39 Å². The van der Waals surface area contributed by atoms with E-state index in [4.69, 9.17) is 4.74 Å². The van der Waals surface area contributed by atoms with Crippen molar-refractivity contribution in [3.63, 3.8) is 0 Å². The van der Waals surface area contributed by atoms with Crippen molar-refractivity contribution in [2.75, 3.05) is 5.32 Å². The Morgan fingerprint density at radius 3 is 2.70 bits per heavy atom. The number of pyridine rings is 1. The number of para-hydroxylation sites is 1. The molecule has 0 unspecified atom stereocenters. The molecule has 0 aliphatic carbocycles. The van der Waals surface area contributed by atoms with E-state index in [-0.39, 0.29) is 12.0 Å². The predicted octanol–water partition coefficient (Wildman–Crippen LogP) is 3.38. The summed E-state index contributed by atoms with van der Waals surface area (Å²) in [6.45, 7) is 7.34. The number of nitrogens with zero attached hydrogens (tertiary/aromatic N) is 1. The first-order valence-electron chi connectivity index (χ1n) is 6.72. The highest BCUT2D eigenvalue weighted by molar-refractivity contribution is 5.98. The summed E-state index contributed by atoms with van der Waals surface area (Å²) >= 11 is 0. The van der Waals surface area contributed by atoms with Crippen molar-refractivity contribution in [2.24, 2.45) is 0 Å². The fourth-order valence-electron chi connectivity index (χ4n) is 2.06. The van der Waals surface area contributed by atoms with Crippen LogP contribution in [0, 0.1) is 0 Å². The van der Waals surface area contributed by atoms with Crippen molar-refractivity contribution in [3.8, 4) is 0 Å². The van der Waals surface area contributed by atoms with Crippen LogP contribution < -0.4 is 5.32 Å². The van der Waals surface area contributed by atoms with Gasteiger partial charge in [-0.05, 0) is 39.8 Å². The van der Waals surface area contributed by atoms with Gasteiger partial charge in [0.05, 0.1) is 23.5 Å². The third-order valence-corrected chi connectivity index (χ3v) is 2.93. The number of anilines is 1. The monoisotopic (exact) mass is 272 g/mol. The Morgan fingerprint density at radius 1 is 1.30 bits per heavy atom. The highest BCUT2D eigenvalue weighted by atomic mass is 16.5. The quantitative estimate of drug-likeness (QED) is 0.928.